The van der Waals surface area contributed by atoms with Gasteiger partial charge in [-0.25, -0.2) is 0 Å². The quantitative estimate of drug-likeness (QED) is 0.454. The van der Waals surface area contributed by atoms with Gasteiger partial charge in [-0.3, -0.25) is 19.2 Å². The zero-order chi connectivity index (χ0) is 23.1. The fourth-order valence-electron chi connectivity index (χ4n) is 3.07. The SMILES string of the molecule is Cc1cc(C(=O)CCC(=O)O[C@@H](C)C(=O)NCC(=O)Nc2c(C)cccc2C)c(C)s1. The first-order valence-electron chi connectivity index (χ1n) is 10.0. The van der Waals surface area contributed by atoms with E-state index in [-0.39, 0.29) is 31.1 Å². The summed E-state index contributed by atoms with van der Waals surface area (Å²) < 4.78 is 5.09. The summed E-state index contributed by atoms with van der Waals surface area (Å²) >= 11 is 1.53. The molecule has 166 valence electrons. The highest BCUT2D eigenvalue weighted by Crippen LogP contribution is 2.22. The van der Waals surface area contributed by atoms with Crippen LogP contribution in [0.25, 0.3) is 0 Å². The number of hydrogen-bond acceptors (Lipinski definition) is 6. The summed E-state index contributed by atoms with van der Waals surface area (Å²) in [5.41, 5.74) is 3.17. The van der Waals surface area contributed by atoms with Gasteiger partial charge in [0, 0.05) is 27.4 Å². The molecular formula is C23H28N2O5S. The summed E-state index contributed by atoms with van der Waals surface area (Å²) in [5.74, 6) is -1.73. The van der Waals surface area contributed by atoms with Crippen molar-refractivity contribution in [3.8, 4) is 0 Å². The number of esters is 1. The Morgan fingerprint density at radius 1 is 1.03 bits per heavy atom. The van der Waals surface area contributed by atoms with Crippen LogP contribution in [0.5, 0.6) is 0 Å². The van der Waals surface area contributed by atoms with Gasteiger partial charge in [0.25, 0.3) is 5.91 Å². The third kappa shape index (κ3) is 7.03. The Kier molecular flexibility index (Phi) is 8.50. The molecule has 0 radical (unpaired) electrons. The van der Waals surface area contributed by atoms with Crippen LogP contribution in [0, 0.1) is 27.7 Å². The highest BCUT2D eigenvalue weighted by molar-refractivity contribution is 7.12. The Labute approximate surface area is 186 Å². The number of nitrogens with one attached hydrogen (secondary N) is 2. The number of ketones is 1. The second kappa shape index (κ2) is 10.9. The number of Topliss-reactive ketones (excluding diaryl/α,β-unsaturated/α-hetero) is 1. The molecule has 1 aromatic carbocycles. The van der Waals surface area contributed by atoms with Crippen molar-refractivity contribution in [1.82, 2.24) is 5.32 Å². The molecule has 0 fully saturated rings. The molecule has 2 aromatic rings. The summed E-state index contributed by atoms with van der Waals surface area (Å²) in [7, 11) is 0. The van der Waals surface area contributed by atoms with Crippen LogP contribution >= 0.6 is 11.3 Å². The fourth-order valence-corrected chi connectivity index (χ4v) is 4.02. The maximum Gasteiger partial charge on any atom is 0.307 e. The molecule has 2 N–H and O–H groups in total. The van der Waals surface area contributed by atoms with E-state index in [4.69, 9.17) is 4.74 Å². The van der Waals surface area contributed by atoms with Crippen LogP contribution in [-0.4, -0.2) is 36.2 Å². The lowest BCUT2D eigenvalue weighted by Crippen LogP contribution is -2.40. The van der Waals surface area contributed by atoms with Gasteiger partial charge in [-0.05, 0) is 51.8 Å². The van der Waals surface area contributed by atoms with Gasteiger partial charge in [-0.1, -0.05) is 18.2 Å². The number of rotatable bonds is 9. The highest BCUT2D eigenvalue weighted by Gasteiger charge is 2.20. The molecule has 0 spiro atoms. The lowest BCUT2D eigenvalue weighted by molar-refractivity contribution is -0.154. The standard InChI is InChI=1S/C23H28N2O5S/c1-13-7-6-8-14(2)22(13)25-20(27)12-24-23(29)16(4)30-21(28)10-9-19(26)18-11-15(3)31-17(18)5/h6-8,11,16H,9-10,12H2,1-5H3,(H,24,29)(H,25,27)/t16-/m0/s1. The van der Waals surface area contributed by atoms with Crippen molar-refractivity contribution < 1.29 is 23.9 Å². The summed E-state index contributed by atoms with van der Waals surface area (Å²) in [6.45, 7) is 8.73. The van der Waals surface area contributed by atoms with E-state index in [1.807, 2.05) is 52.0 Å². The van der Waals surface area contributed by atoms with Gasteiger partial charge in [-0.15, -0.1) is 11.3 Å². The molecule has 1 aromatic heterocycles. The Hall–Kier alpha value is -3.00. The van der Waals surface area contributed by atoms with E-state index in [1.165, 1.54) is 18.3 Å². The molecule has 7 nitrogen and oxygen atoms in total. The van der Waals surface area contributed by atoms with Gasteiger partial charge in [0.15, 0.2) is 11.9 Å². The van der Waals surface area contributed by atoms with E-state index in [2.05, 4.69) is 10.6 Å². The van der Waals surface area contributed by atoms with E-state index >= 15 is 0 Å². The maximum atomic E-state index is 12.3. The molecular weight excluding hydrogens is 416 g/mol. The van der Waals surface area contributed by atoms with Crippen molar-refractivity contribution in [3.63, 3.8) is 0 Å². The van der Waals surface area contributed by atoms with Gasteiger partial charge >= 0.3 is 5.97 Å². The van der Waals surface area contributed by atoms with Gasteiger partial charge in [0.2, 0.25) is 5.91 Å². The molecule has 0 unspecified atom stereocenters. The highest BCUT2D eigenvalue weighted by atomic mass is 32.1. The molecule has 0 aliphatic carbocycles. The number of ether oxygens (including phenoxy) is 1. The second-order valence-electron chi connectivity index (χ2n) is 7.41. The predicted molar refractivity (Wildman–Crippen MR) is 120 cm³/mol. The van der Waals surface area contributed by atoms with Crippen LogP contribution in [0.2, 0.25) is 0 Å². The second-order valence-corrected chi connectivity index (χ2v) is 8.88. The van der Waals surface area contributed by atoms with Crippen LogP contribution in [0.3, 0.4) is 0 Å². The van der Waals surface area contributed by atoms with Gasteiger partial charge < -0.3 is 15.4 Å². The number of benzene rings is 1. The van der Waals surface area contributed by atoms with Crippen molar-refractivity contribution in [1.29, 1.82) is 0 Å². The maximum absolute atomic E-state index is 12.3. The van der Waals surface area contributed by atoms with Crippen LogP contribution in [0.4, 0.5) is 5.69 Å². The molecule has 31 heavy (non-hydrogen) atoms. The first kappa shape index (κ1) is 24.3. The summed E-state index contributed by atoms with van der Waals surface area (Å²) in [6, 6.07) is 7.48. The number of hydrogen-bond donors (Lipinski definition) is 2. The first-order chi connectivity index (χ1) is 14.6. The van der Waals surface area contributed by atoms with Crippen LogP contribution in [0.1, 0.15) is 51.0 Å². The Balaban J connectivity index is 1.76. The average molecular weight is 445 g/mol. The van der Waals surface area contributed by atoms with E-state index < -0.39 is 18.0 Å². The Bertz CT molecular complexity index is 976. The Morgan fingerprint density at radius 3 is 2.26 bits per heavy atom. The number of aryl methyl sites for hydroxylation is 4. The molecule has 2 amide bonds. The van der Waals surface area contributed by atoms with E-state index in [1.54, 1.807) is 0 Å². The van der Waals surface area contributed by atoms with Crippen molar-refractivity contribution in [2.45, 2.75) is 53.6 Å². The zero-order valence-corrected chi connectivity index (χ0v) is 19.3. The average Bonchev–Trinajstić information content (AvgIpc) is 3.05. The molecule has 0 aliphatic heterocycles. The molecule has 0 bridgehead atoms. The number of carbonyl (C=O) groups is 4. The minimum atomic E-state index is -1.07. The van der Waals surface area contributed by atoms with E-state index in [9.17, 15) is 19.2 Å². The minimum absolute atomic E-state index is 0.0162. The number of thiophene rings is 1. The van der Waals surface area contributed by atoms with Gasteiger partial charge in [-0.2, -0.15) is 0 Å². The van der Waals surface area contributed by atoms with Crippen LogP contribution in [-0.2, 0) is 19.1 Å². The zero-order valence-electron chi connectivity index (χ0n) is 18.5. The summed E-state index contributed by atoms with van der Waals surface area (Å²) in [5, 5.41) is 5.22. The fraction of sp³-hybridized carbons (Fsp3) is 0.391. The molecule has 0 saturated heterocycles. The van der Waals surface area contributed by atoms with Crippen molar-refractivity contribution in [2.75, 3.05) is 11.9 Å². The monoisotopic (exact) mass is 444 g/mol. The van der Waals surface area contributed by atoms with E-state index in [0.29, 0.717) is 11.3 Å². The lowest BCUT2D eigenvalue weighted by Gasteiger charge is -2.14. The third-order valence-electron chi connectivity index (χ3n) is 4.74. The van der Waals surface area contributed by atoms with Crippen molar-refractivity contribution >= 4 is 40.6 Å². The van der Waals surface area contributed by atoms with Crippen molar-refractivity contribution in [3.05, 3.63) is 50.7 Å². The molecule has 2 rings (SSSR count). The topological polar surface area (TPSA) is 102 Å². The predicted octanol–water partition coefficient (Wildman–Crippen LogP) is 3.63. The lowest BCUT2D eigenvalue weighted by atomic mass is 10.1. The Morgan fingerprint density at radius 2 is 1.68 bits per heavy atom. The smallest absolute Gasteiger partial charge is 0.307 e. The summed E-state index contributed by atoms with van der Waals surface area (Å²) in [6.07, 6.45) is -1.17. The number of amides is 2. The molecule has 8 heteroatoms. The van der Waals surface area contributed by atoms with Gasteiger partial charge in [0.05, 0.1) is 13.0 Å². The van der Waals surface area contributed by atoms with Gasteiger partial charge in [0.1, 0.15) is 0 Å². The number of carbonyl (C=O) groups excluding carboxylic acids is 4. The van der Waals surface area contributed by atoms with E-state index in [0.717, 1.165) is 20.9 Å². The molecule has 1 heterocycles. The normalized spacial score (nSPS) is 11.5. The molecule has 0 aliphatic rings. The van der Waals surface area contributed by atoms with Crippen LogP contribution in [0.15, 0.2) is 24.3 Å². The number of anilines is 1. The molecule has 1 atom stereocenters. The number of para-hydroxylation sites is 1. The largest absolute Gasteiger partial charge is 0.453 e. The first-order valence-corrected chi connectivity index (χ1v) is 10.8. The van der Waals surface area contributed by atoms with Crippen LogP contribution < -0.4 is 10.6 Å². The summed E-state index contributed by atoms with van der Waals surface area (Å²) in [4.78, 5) is 50.5. The van der Waals surface area contributed by atoms with Crippen molar-refractivity contribution in [2.24, 2.45) is 0 Å². The third-order valence-corrected chi connectivity index (χ3v) is 5.71. The molecule has 0 saturated carbocycles. The minimum Gasteiger partial charge on any atom is -0.453 e.